The normalized spacial score (nSPS) is 16.2. The Morgan fingerprint density at radius 3 is 2.73 bits per heavy atom. The van der Waals surface area contributed by atoms with Crippen LogP contribution >= 0.6 is 0 Å². The first-order valence-electron chi connectivity index (χ1n) is 9.49. The van der Waals surface area contributed by atoms with E-state index < -0.39 is 0 Å². The minimum absolute atomic E-state index is 0.163. The summed E-state index contributed by atoms with van der Waals surface area (Å²) in [6, 6.07) is 9.31. The van der Waals surface area contributed by atoms with Crippen molar-refractivity contribution in [3.05, 3.63) is 70.6 Å². The molecule has 5 rings (SSSR count). The molecule has 3 aromatic rings. The van der Waals surface area contributed by atoms with Crippen molar-refractivity contribution in [2.75, 3.05) is 0 Å². The lowest BCUT2D eigenvalue weighted by Crippen LogP contribution is -2.10. The average molecular weight is 341 g/mol. The molecule has 0 N–H and O–H groups in total. The number of hydrogen-bond donors (Lipinski definition) is 0. The quantitative estimate of drug-likeness (QED) is 0.628. The SMILES string of the molecule is CC(C)c1cn(C(C)c2ccc3c4c5c(ccc24)C=CCC5=CC3)nn1. The molecular weight excluding hydrogens is 318 g/mol. The van der Waals surface area contributed by atoms with E-state index in [2.05, 4.69) is 79.8 Å². The van der Waals surface area contributed by atoms with Gasteiger partial charge in [-0.05, 0) is 64.3 Å². The first kappa shape index (κ1) is 15.6. The number of nitrogens with zero attached hydrogens (tertiary/aromatic N) is 3. The Balaban J connectivity index is 1.70. The van der Waals surface area contributed by atoms with Gasteiger partial charge in [0.25, 0.3) is 0 Å². The number of rotatable bonds is 3. The van der Waals surface area contributed by atoms with Crippen LogP contribution in [0.1, 0.15) is 67.1 Å². The van der Waals surface area contributed by atoms with Gasteiger partial charge in [0, 0.05) is 6.20 Å². The molecule has 0 radical (unpaired) electrons. The second-order valence-electron chi connectivity index (χ2n) is 7.76. The fraction of sp³-hybridized carbons (Fsp3) is 0.304. The fourth-order valence-corrected chi connectivity index (χ4v) is 4.30. The van der Waals surface area contributed by atoms with Gasteiger partial charge >= 0.3 is 0 Å². The van der Waals surface area contributed by atoms with Crippen molar-refractivity contribution in [3.63, 3.8) is 0 Å². The predicted octanol–water partition coefficient (Wildman–Crippen LogP) is 5.52. The van der Waals surface area contributed by atoms with E-state index in [1.807, 2.05) is 4.68 Å². The molecule has 0 bridgehead atoms. The van der Waals surface area contributed by atoms with Crippen LogP contribution in [0.4, 0.5) is 0 Å². The fourth-order valence-electron chi connectivity index (χ4n) is 4.30. The van der Waals surface area contributed by atoms with Crippen molar-refractivity contribution in [1.82, 2.24) is 15.0 Å². The second-order valence-corrected chi connectivity index (χ2v) is 7.76. The molecule has 2 aliphatic carbocycles. The van der Waals surface area contributed by atoms with Crippen LogP contribution in [0.25, 0.3) is 22.4 Å². The second kappa shape index (κ2) is 5.66. The van der Waals surface area contributed by atoms with Gasteiger partial charge in [0.1, 0.15) is 0 Å². The Morgan fingerprint density at radius 2 is 1.92 bits per heavy atom. The monoisotopic (exact) mass is 341 g/mol. The van der Waals surface area contributed by atoms with Crippen LogP contribution in [0.15, 0.2) is 42.6 Å². The minimum atomic E-state index is 0.163. The highest BCUT2D eigenvalue weighted by atomic mass is 15.4. The van der Waals surface area contributed by atoms with Gasteiger partial charge in [0.05, 0.1) is 11.7 Å². The van der Waals surface area contributed by atoms with Gasteiger partial charge < -0.3 is 0 Å². The van der Waals surface area contributed by atoms with E-state index in [4.69, 9.17) is 0 Å². The zero-order chi connectivity index (χ0) is 17.8. The summed E-state index contributed by atoms with van der Waals surface area (Å²) in [7, 11) is 0. The molecule has 1 unspecified atom stereocenters. The molecule has 2 aromatic carbocycles. The molecule has 3 nitrogen and oxygen atoms in total. The lowest BCUT2D eigenvalue weighted by Gasteiger charge is -2.25. The zero-order valence-corrected chi connectivity index (χ0v) is 15.5. The van der Waals surface area contributed by atoms with Crippen LogP contribution in [0.2, 0.25) is 0 Å². The molecule has 0 spiro atoms. The standard InChI is InChI=1S/C23H23N3/c1-14(2)21-13-26(25-24-21)15(3)19-11-9-18-8-7-16-5-4-6-17-10-12-20(19)23(18)22(16)17/h4,6-7,9-15H,5,8H2,1-3H3. The van der Waals surface area contributed by atoms with Crippen molar-refractivity contribution >= 4 is 22.4 Å². The van der Waals surface area contributed by atoms with Crippen LogP contribution < -0.4 is 0 Å². The Kier molecular flexibility index (Phi) is 3.39. The number of benzene rings is 2. The topological polar surface area (TPSA) is 30.7 Å². The Hall–Kier alpha value is -2.68. The molecule has 0 amide bonds. The molecule has 2 aliphatic rings. The number of hydrogen-bond acceptors (Lipinski definition) is 2. The van der Waals surface area contributed by atoms with Crippen LogP contribution in [0.3, 0.4) is 0 Å². The first-order valence-corrected chi connectivity index (χ1v) is 9.49. The van der Waals surface area contributed by atoms with E-state index in [-0.39, 0.29) is 6.04 Å². The number of allylic oxidation sites excluding steroid dienone is 3. The van der Waals surface area contributed by atoms with Crippen LogP contribution in [-0.2, 0) is 6.42 Å². The molecule has 130 valence electrons. The molecule has 26 heavy (non-hydrogen) atoms. The average Bonchev–Trinajstić information content (AvgIpc) is 3.16. The van der Waals surface area contributed by atoms with E-state index in [1.165, 1.54) is 38.6 Å². The molecule has 0 saturated heterocycles. The maximum absolute atomic E-state index is 4.40. The smallest absolute Gasteiger partial charge is 0.0852 e. The first-order chi connectivity index (χ1) is 12.6. The van der Waals surface area contributed by atoms with E-state index in [0.717, 1.165) is 18.5 Å². The summed E-state index contributed by atoms with van der Waals surface area (Å²) in [6.07, 6.45) is 11.1. The lowest BCUT2D eigenvalue weighted by molar-refractivity contribution is 0.546. The summed E-state index contributed by atoms with van der Waals surface area (Å²) in [5.74, 6) is 0.396. The third kappa shape index (κ3) is 2.20. The molecule has 0 saturated carbocycles. The van der Waals surface area contributed by atoms with Crippen molar-refractivity contribution in [1.29, 1.82) is 0 Å². The van der Waals surface area contributed by atoms with Crippen LogP contribution in [0.5, 0.6) is 0 Å². The summed E-state index contributed by atoms with van der Waals surface area (Å²) in [5.41, 5.74) is 8.08. The van der Waals surface area contributed by atoms with E-state index in [0.29, 0.717) is 5.92 Å². The molecule has 1 heterocycles. The van der Waals surface area contributed by atoms with Gasteiger partial charge in [0.15, 0.2) is 0 Å². The maximum atomic E-state index is 4.40. The number of aromatic nitrogens is 3. The Morgan fingerprint density at radius 1 is 1.04 bits per heavy atom. The van der Waals surface area contributed by atoms with Crippen LogP contribution in [0, 0.1) is 0 Å². The summed E-state index contributed by atoms with van der Waals surface area (Å²) >= 11 is 0. The van der Waals surface area contributed by atoms with Crippen molar-refractivity contribution in [2.45, 2.75) is 45.6 Å². The van der Waals surface area contributed by atoms with E-state index >= 15 is 0 Å². The van der Waals surface area contributed by atoms with Gasteiger partial charge in [-0.15, -0.1) is 5.10 Å². The van der Waals surface area contributed by atoms with Crippen molar-refractivity contribution in [3.8, 4) is 0 Å². The summed E-state index contributed by atoms with van der Waals surface area (Å²) in [6.45, 7) is 6.53. The Labute approximate surface area is 154 Å². The third-order valence-corrected chi connectivity index (χ3v) is 5.82. The highest BCUT2D eigenvalue weighted by Gasteiger charge is 2.23. The van der Waals surface area contributed by atoms with Gasteiger partial charge in [-0.25, -0.2) is 4.68 Å². The Bertz CT molecular complexity index is 1080. The van der Waals surface area contributed by atoms with Gasteiger partial charge in [-0.1, -0.05) is 61.6 Å². The lowest BCUT2D eigenvalue weighted by atomic mass is 9.80. The molecule has 0 fully saturated rings. The third-order valence-electron chi connectivity index (χ3n) is 5.82. The van der Waals surface area contributed by atoms with E-state index in [1.54, 1.807) is 0 Å². The molecule has 0 aliphatic heterocycles. The largest absolute Gasteiger partial charge is 0.245 e. The zero-order valence-electron chi connectivity index (χ0n) is 15.5. The molecular formula is C23H23N3. The highest BCUT2D eigenvalue weighted by molar-refractivity contribution is 6.04. The highest BCUT2D eigenvalue weighted by Crippen LogP contribution is 2.42. The molecule has 3 heteroatoms. The maximum Gasteiger partial charge on any atom is 0.0852 e. The summed E-state index contributed by atoms with van der Waals surface area (Å²) in [5, 5.41) is 11.6. The summed E-state index contributed by atoms with van der Waals surface area (Å²) in [4.78, 5) is 0. The van der Waals surface area contributed by atoms with Crippen molar-refractivity contribution < 1.29 is 0 Å². The van der Waals surface area contributed by atoms with Gasteiger partial charge in [0.2, 0.25) is 0 Å². The van der Waals surface area contributed by atoms with E-state index in [9.17, 15) is 0 Å². The molecule has 1 atom stereocenters. The molecule has 1 aromatic heterocycles. The van der Waals surface area contributed by atoms with Gasteiger partial charge in [-0.3, -0.25) is 0 Å². The minimum Gasteiger partial charge on any atom is -0.245 e. The van der Waals surface area contributed by atoms with Gasteiger partial charge in [-0.2, -0.15) is 0 Å². The summed E-state index contributed by atoms with van der Waals surface area (Å²) < 4.78 is 2.01. The predicted molar refractivity (Wildman–Crippen MR) is 107 cm³/mol. The van der Waals surface area contributed by atoms with Crippen LogP contribution in [-0.4, -0.2) is 15.0 Å². The van der Waals surface area contributed by atoms with Crippen molar-refractivity contribution in [2.24, 2.45) is 0 Å².